The zero-order valence-corrected chi connectivity index (χ0v) is 7.81. The van der Waals surface area contributed by atoms with Gasteiger partial charge in [0.2, 0.25) is 0 Å². The van der Waals surface area contributed by atoms with E-state index in [2.05, 4.69) is 27.4 Å². The van der Waals surface area contributed by atoms with E-state index >= 15 is 0 Å². The van der Waals surface area contributed by atoms with Crippen LogP contribution >= 0.6 is 0 Å². The van der Waals surface area contributed by atoms with E-state index in [1.54, 1.807) is 0 Å². The molecule has 1 heterocycles. The highest BCUT2D eigenvalue weighted by Gasteiger charge is 2.35. The summed E-state index contributed by atoms with van der Waals surface area (Å²) >= 11 is 0. The van der Waals surface area contributed by atoms with Crippen LogP contribution in [0.1, 0.15) is 33.6 Å². The SMILES string of the molecule is C=C1C(CCC)COC1(C)C. The average molecular weight is 154 g/mol. The topological polar surface area (TPSA) is 9.23 Å². The summed E-state index contributed by atoms with van der Waals surface area (Å²) in [5.74, 6) is 0.606. The van der Waals surface area contributed by atoms with Gasteiger partial charge in [-0.25, -0.2) is 0 Å². The minimum absolute atomic E-state index is 0.0696. The molecule has 1 atom stereocenters. The van der Waals surface area contributed by atoms with Crippen LogP contribution in [-0.4, -0.2) is 12.2 Å². The van der Waals surface area contributed by atoms with Gasteiger partial charge in [0, 0.05) is 5.92 Å². The van der Waals surface area contributed by atoms with E-state index in [9.17, 15) is 0 Å². The first kappa shape index (κ1) is 8.79. The van der Waals surface area contributed by atoms with E-state index in [4.69, 9.17) is 4.74 Å². The van der Waals surface area contributed by atoms with Crippen molar-refractivity contribution in [3.05, 3.63) is 12.2 Å². The molecule has 1 rings (SSSR count). The Kier molecular flexibility index (Phi) is 2.38. The van der Waals surface area contributed by atoms with Crippen molar-refractivity contribution >= 4 is 0 Å². The minimum Gasteiger partial charge on any atom is -0.371 e. The van der Waals surface area contributed by atoms with Gasteiger partial charge in [-0.1, -0.05) is 19.9 Å². The molecule has 1 aliphatic rings. The van der Waals surface area contributed by atoms with Gasteiger partial charge in [0.15, 0.2) is 0 Å². The molecule has 0 aliphatic carbocycles. The van der Waals surface area contributed by atoms with Crippen LogP contribution in [0.5, 0.6) is 0 Å². The van der Waals surface area contributed by atoms with Crippen molar-refractivity contribution in [1.82, 2.24) is 0 Å². The zero-order chi connectivity index (χ0) is 8.48. The summed E-state index contributed by atoms with van der Waals surface area (Å²) in [7, 11) is 0. The van der Waals surface area contributed by atoms with Gasteiger partial charge in [0.05, 0.1) is 12.2 Å². The van der Waals surface area contributed by atoms with Crippen LogP contribution in [0.4, 0.5) is 0 Å². The van der Waals surface area contributed by atoms with Crippen molar-refractivity contribution < 1.29 is 4.74 Å². The van der Waals surface area contributed by atoms with E-state index in [1.807, 2.05) is 0 Å². The van der Waals surface area contributed by atoms with Crippen molar-refractivity contribution in [2.75, 3.05) is 6.61 Å². The van der Waals surface area contributed by atoms with Gasteiger partial charge in [-0.15, -0.1) is 0 Å². The Hall–Kier alpha value is -0.300. The summed E-state index contributed by atoms with van der Waals surface area (Å²) in [4.78, 5) is 0. The van der Waals surface area contributed by atoms with Gasteiger partial charge < -0.3 is 4.74 Å². The minimum atomic E-state index is -0.0696. The Bertz CT molecular complexity index is 158. The molecular weight excluding hydrogens is 136 g/mol. The molecule has 1 heteroatoms. The summed E-state index contributed by atoms with van der Waals surface area (Å²) in [5, 5.41) is 0. The third-order valence-electron chi connectivity index (χ3n) is 2.55. The summed E-state index contributed by atoms with van der Waals surface area (Å²) in [6, 6.07) is 0. The second-order valence-corrected chi connectivity index (χ2v) is 3.83. The molecule has 1 saturated heterocycles. The molecule has 1 fully saturated rings. The number of rotatable bonds is 2. The molecular formula is C10H18O. The third kappa shape index (κ3) is 1.64. The van der Waals surface area contributed by atoms with Crippen LogP contribution in [0.25, 0.3) is 0 Å². The van der Waals surface area contributed by atoms with Crippen molar-refractivity contribution in [3.63, 3.8) is 0 Å². The Balaban J connectivity index is 2.56. The second kappa shape index (κ2) is 2.98. The van der Waals surface area contributed by atoms with Crippen LogP contribution in [0.15, 0.2) is 12.2 Å². The van der Waals surface area contributed by atoms with E-state index in [0.717, 1.165) is 6.61 Å². The molecule has 11 heavy (non-hydrogen) atoms. The molecule has 0 radical (unpaired) electrons. The lowest BCUT2D eigenvalue weighted by Crippen LogP contribution is -2.19. The summed E-state index contributed by atoms with van der Waals surface area (Å²) in [5.41, 5.74) is 1.21. The number of ether oxygens (including phenoxy) is 1. The normalized spacial score (nSPS) is 29.4. The Labute approximate surface area is 69.4 Å². The maximum Gasteiger partial charge on any atom is 0.0836 e. The smallest absolute Gasteiger partial charge is 0.0836 e. The highest BCUT2D eigenvalue weighted by Crippen LogP contribution is 2.36. The van der Waals surface area contributed by atoms with Crippen LogP contribution in [0.3, 0.4) is 0 Å². The molecule has 0 aromatic rings. The highest BCUT2D eigenvalue weighted by atomic mass is 16.5. The van der Waals surface area contributed by atoms with Crippen molar-refractivity contribution in [3.8, 4) is 0 Å². The Morgan fingerprint density at radius 2 is 2.27 bits per heavy atom. The monoisotopic (exact) mass is 154 g/mol. The summed E-state index contributed by atoms with van der Waals surface area (Å²) in [6.45, 7) is 11.4. The van der Waals surface area contributed by atoms with Crippen LogP contribution in [-0.2, 0) is 4.74 Å². The van der Waals surface area contributed by atoms with E-state index in [1.165, 1.54) is 18.4 Å². The fraction of sp³-hybridized carbons (Fsp3) is 0.800. The maximum atomic E-state index is 5.62. The van der Waals surface area contributed by atoms with E-state index in [-0.39, 0.29) is 5.60 Å². The van der Waals surface area contributed by atoms with Gasteiger partial charge in [-0.2, -0.15) is 0 Å². The average Bonchev–Trinajstić information content (AvgIpc) is 2.17. The molecule has 1 aliphatic heterocycles. The lowest BCUT2D eigenvalue weighted by atomic mass is 9.89. The predicted octanol–water partition coefficient (Wildman–Crippen LogP) is 2.77. The fourth-order valence-electron chi connectivity index (χ4n) is 1.60. The van der Waals surface area contributed by atoms with Gasteiger partial charge in [0.1, 0.15) is 0 Å². The standard InChI is InChI=1S/C10H18O/c1-5-6-9-7-11-10(3,4)8(9)2/h9H,2,5-7H2,1,3-4H3. The van der Waals surface area contributed by atoms with E-state index < -0.39 is 0 Å². The Morgan fingerprint density at radius 1 is 1.64 bits per heavy atom. The number of hydrogen-bond acceptors (Lipinski definition) is 1. The lowest BCUT2D eigenvalue weighted by Gasteiger charge is -2.19. The molecule has 0 aromatic carbocycles. The molecule has 64 valence electrons. The lowest BCUT2D eigenvalue weighted by molar-refractivity contribution is 0.0500. The highest BCUT2D eigenvalue weighted by molar-refractivity contribution is 5.17. The molecule has 0 saturated carbocycles. The van der Waals surface area contributed by atoms with Crippen molar-refractivity contribution in [1.29, 1.82) is 0 Å². The van der Waals surface area contributed by atoms with Gasteiger partial charge >= 0.3 is 0 Å². The first-order chi connectivity index (χ1) is 5.08. The molecule has 0 bridgehead atoms. The molecule has 1 nitrogen and oxygen atoms in total. The van der Waals surface area contributed by atoms with Gasteiger partial charge in [-0.05, 0) is 25.8 Å². The zero-order valence-electron chi connectivity index (χ0n) is 7.81. The largest absolute Gasteiger partial charge is 0.371 e. The fourth-order valence-corrected chi connectivity index (χ4v) is 1.60. The molecule has 0 amide bonds. The van der Waals surface area contributed by atoms with Crippen LogP contribution in [0.2, 0.25) is 0 Å². The molecule has 1 unspecified atom stereocenters. The summed E-state index contributed by atoms with van der Waals surface area (Å²) < 4.78 is 5.62. The van der Waals surface area contributed by atoms with Crippen molar-refractivity contribution in [2.45, 2.75) is 39.2 Å². The first-order valence-corrected chi connectivity index (χ1v) is 4.41. The van der Waals surface area contributed by atoms with Gasteiger partial charge in [0.25, 0.3) is 0 Å². The summed E-state index contributed by atoms with van der Waals surface area (Å²) in [6.07, 6.45) is 2.45. The number of hydrogen-bond donors (Lipinski definition) is 0. The quantitative estimate of drug-likeness (QED) is 0.556. The van der Waals surface area contributed by atoms with E-state index in [0.29, 0.717) is 5.92 Å². The molecule has 0 N–H and O–H groups in total. The first-order valence-electron chi connectivity index (χ1n) is 4.41. The third-order valence-corrected chi connectivity index (χ3v) is 2.55. The maximum absolute atomic E-state index is 5.62. The molecule has 0 aromatic heterocycles. The van der Waals surface area contributed by atoms with Crippen LogP contribution in [0, 0.1) is 5.92 Å². The van der Waals surface area contributed by atoms with Crippen LogP contribution < -0.4 is 0 Å². The predicted molar refractivity (Wildman–Crippen MR) is 47.6 cm³/mol. The Morgan fingerprint density at radius 3 is 2.64 bits per heavy atom. The van der Waals surface area contributed by atoms with Crippen molar-refractivity contribution in [2.24, 2.45) is 5.92 Å². The van der Waals surface area contributed by atoms with Gasteiger partial charge in [-0.3, -0.25) is 0 Å². The second-order valence-electron chi connectivity index (χ2n) is 3.83. The molecule has 0 spiro atoms.